The van der Waals surface area contributed by atoms with Crippen molar-refractivity contribution < 1.29 is 14.3 Å². The average Bonchev–Trinajstić information content (AvgIpc) is 3.03. The van der Waals surface area contributed by atoms with Gasteiger partial charge in [-0.15, -0.1) is 0 Å². The molecular formula is C21H25N3O3. The van der Waals surface area contributed by atoms with Crippen molar-refractivity contribution in [2.24, 2.45) is 5.92 Å². The molecule has 2 amide bonds. The summed E-state index contributed by atoms with van der Waals surface area (Å²) in [5.41, 5.74) is 0.694. The smallest absolute Gasteiger partial charge is 0.229 e. The molecule has 1 aliphatic rings. The Kier molecular flexibility index (Phi) is 6.08. The van der Waals surface area contributed by atoms with Crippen LogP contribution in [0.4, 0.5) is 5.69 Å². The van der Waals surface area contributed by atoms with Crippen LogP contribution in [0.5, 0.6) is 11.5 Å². The van der Waals surface area contributed by atoms with E-state index >= 15 is 0 Å². The highest BCUT2D eigenvalue weighted by Crippen LogP contribution is 2.24. The van der Waals surface area contributed by atoms with Gasteiger partial charge in [-0.25, -0.2) is 0 Å². The van der Waals surface area contributed by atoms with Gasteiger partial charge in [0.2, 0.25) is 11.8 Å². The molecular weight excluding hydrogens is 342 g/mol. The molecule has 3 rings (SSSR count). The number of hydrogen-bond acceptors (Lipinski definition) is 4. The van der Waals surface area contributed by atoms with Gasteiger partial charge in [-0.1, -0.05) is 18.2 Å². The molecule has 1 unspecified atom stereocenters. The number of para-hydroxylation sites is 1. The molecule has 0 aromatic heterocycles. The van der Waals surface area contributed by atoms with Gasteiger partial charge in [0.25, 0.3) is 0 Å². The second kappa shape index (κ2) is 8.68. The first-order valence-electron chi connectivity index (χ1n) is 9.07. The SMILES string of the molecule is CN(C)CCN1CC(C(=O)Nc2ccc(Oc3ccccc3)cc2)CC1=O. The highest BCUT2D eigenvalue weighted by Gasteiger charge is 2.34. The Morgan fingerprint density at radius 2 is 1.78 bits per heavy atom. The van der Waals surface area contributed by atoms with E-state index in [-0.39, 0.29) is 24.2 Å². The lowest BCUT2D eigenvalue weighted by molar-refractivity contribution is -0.128. The van der Waals surface area contributed by atoms with Gasteiger partial charge in [0, 0.05) is 31.7 Å². The number of anilines is 1. The van der Waals surface area contributed by atoms with Gasteiger partial charge in [0.1, 0.15) is 11.5 Å². The van der Waals surface area contributed by atoms with E-state index in [4.69, 9.17) is 4.74 Å². The van der Waals surface area contributed by atoms with Crippen LogP contribution in [0.3, 0.4) is 0 Å². The quantitative estimate of drug-likeness (QED) is 0.817. The lowest BCUT2D eigenvalue weighted by atomic mass is 10.1. The number of likely N-dealkylation sites (tertiary alicyclic amines) is 1. The zero-order valence-electron chi connectivity index (χ0n) is 15.7. The number of hydrogen-bond donors (Lipinski definition) is 1. The van der Waals surface area contributed by atoms with Crippen LogP contribution in [0, 0.1) is 5.92 Å². The molecule has 1 heterocycles. The van der Waals surface area contributed by atoms with Crippen molar-refractivity contribution in [1.29, 1.82) is 0 Å². The van der Waals surface area contributed by atoms with E-state index in [2.05, 4.69) is 5.32 Å². The number of amides is 2. The van der Waals surface area contributed by atoms with E-state index in [9.17, 15) is 9.59 Å². The van der Waals surface area contributed by atoms with Crippen molar-refractivity contribution in [3.8, 4) is 11.5 Å². The molecule has 0 saturated carbocycles. The van der Waals surface area contributed by atoms with Crippen molar-refractivity contribution in [3.05, 3.63) is 54.6 Å². The van der Waals surface area contributed by atoms with Gasteiger partial charge in [0.05, 0.1) is 5.92 Å². The molecule has 0 radical (unpaired) electrons. The standard InChI is InChI=1S/C21H25N3O3/c1-23(2)12-13-24-15-16(14-20(24)25)21(26)22-17-8-10-19(11-9-17)27-18-6-4-3-5-7-18/h3-11,16H,12-15H2,1-2H3,(H,22,26). The van der Waals surface area contributed by atoms with Crippen molar-refractivity contribution in [1.82, 2.24) is 9.80 Å². The Hall–Kier alpha value is -2.86. The summed E-state index contributed by atoms with van der Waals surface area (Å²) >= 11 is 0. The first kappa shape index (κ1) is 18.9. The summed E-state index contributed by atoms with van der Waals surface area (Å²) in [5, 5.41) is 2.90. The van der Waals surface area contributed by atoms with Crippen LogP contribution in [0.2, 0.25) is 0 Å². The second-order valence-electron chi connectivity index (χ2n) is 6.97. The third kappa shape index (κ3) is 5.31. The number of carbonyl (C=O) groups excluding carboxylic acids is 2. The highest BCUT2D eigenvalue weighted by molar-refractivity contribution is 5.97. The van der Waals surface area contributed by atoms with Crippen LogP contribution < -0.4 is 10.1 Å². The van der Waals surface area contributed by atoms with E-state index in [1.54, 1.807) is 17.0 Å². The Morgan fingerprint density at radius 3 is 2.44 bits per heavy atom. The van der Waals surface area contributed by atoms with Gasteiger partial charge in [-0.3, -0.25) is 9.59 Å². The fourth-order valence-corrected chi connectivity index (χ4v) is 2.96. The van der Waals surface area contributed by atoms with E-state index in [0.717, 1.165) is 12.3 Å². The van der Waals surface area contributed by atoms with Crippen LogP contribution in [-0.4, -0.2) is 55.3 Å². The molecule has 0 aliphatic carbocycles. The maximum Gasteiger partial charge on any atom is 0.229 e. The van der Waals surface area contributed by atoms with Crippen LogP contribution in [-0.2, 0) is 9.59 Å². The Labute approximate surface area is 159 Å². The monoisotopic (exact) mass is 367 g/mol. The van der Waals surface area contributed by atoms with Crippen molar-refractivity contribution in [3.63, 3.8) is 0 Å². The molecule has 27 heavy (non-hydrogen) atoms. The minimum atomic E-state index is -0.306. The lowest BCUT2D eigenvalue weighted by Crippen LogP contribution is -2.33. The summed E-state index contributed by atoms with van der Waals surface area (Å²) in [4.78, 5) is 28.4. The van der Waals surface area contributed by atoms with Gasteiger partial charge in [0.15, 0.2) is 0 Å². The number of likely N-dealkylation sites (N-methyl/N-ethyl adjacent to an activating group) is 1. The fourth-order valence-electron chi connectivity index (χ4n) is 2.96. The van der Waals surface area contributed by atoms with E-state index in [1.165, 1.54) is 0 Å². The summed E-state index contributed by atoms with van der Waals surface area (Å²) in [6, 6.07) is 16.7. The topological polar surface area (TPSA) is 61.9 Å². The molecule has 142 valence electrons. The maximum atomic E-state index is 12.5. The van der Waals surface area contributed by atoms with Crippen molar-refractivity contribution >= 4 is 17.5 Å². The van der Waals surface area contributed by atoms with Crippen LogP contribution in [0.1, 0.15) is 6.42 Å². The molecule has 0 spiro atoms. The lowest BCUT2D eigenvalue weighted by Gasteiger charge is -2.19. The van der Waals surface area contributed by atoms with E-state index < -0.39 is 0 Å². The summed E-state index contributed by atoms with van der Waals surface area (Å²) in [6.07, 6.45) is 0.272. The molecule has 0 bridgehead atoms. The molecule has 1 fully saturated rings. The number of rotatable bonds is 7. The molecule has 1 N–H and O–H groups in total. The molecule has 6 nitrogen and oxygen atoms in total. The van der Waals surface area contributed by atoms with Crippen LogP contribution >= 0.6 is 0 Å². The zero-order valence-corrected chi connectivity index (χ0v) is 15.7. The second-order valence-corrected chi connectivity index (χ2v) is 6.97. The van der Waals surface area contributed by atoms with Crippen molar-refractivity contribution in [2.45, 2.75) is 6.42 Å². The predicted molar refractivity (Wildman–Crippen MR) is 105 cm³/mol. The number of nitrogens with zero attached hydrogens (tertiary/aromatic N) is 2. The Bertz CT molecular complexity index is 775. The van der Waals surface area contributed by atoms with Crippen LogP contribution in [0.15, 0.2) is 54.6 Å². The highest BCUT2D eigenvalue weighted by atomic mass is 16.5. The molecule has 6 heteroatoms. The van der Waals surface area contributed by atoms with Gasteiger partial charge in [-0.2, -0.15) is 0 Å². The van der Waals surface area contributed by atoms with E-state index in [0.29, 0.717) is 24.5 Å². The molecule has 2 aromatic carbocycles. The summed E-state index contributed by atoms with van der Waals surface area (Å²) in [6.45, 7) is 1.93. The van der Waals surface area contributed by atoms with Gasteiger partial charge >= 0.3 is 0 Å². The third-order valence-electron chi connectivity index (χ3n) is 4.50. The summed E-state index contributed by atoms with van der Waals surface area (Å²) < 4.78 is 5.74. The normalized spacial score (nSPS) is 16.6. The minimum absolute atomic E-state index is 0.0450. The number of nitrogens with one attached hydrogen (secondary N) is 1. The number of ether oxygens (including phenoxy) is 1. The third-order valence-corrected chi connectivity index (χ3v) is 4.50. The minimum Gasteiger partial charge on any atom is -0.457 e. The Morgan fingerprint density at radius 1 is 1.11 bits per heavy atom. The largest absolute Gasteiger partial charge is 0.457 e. The van der Waals surface area contributed by atoms with E-state index in [1.807, 2.05) is 61.5 Å². The fraction of sp³-hybridized carbons (Fsp3) is 0.333. The number of carbonyl (C=O) groups is 2. The van der Waals surface area contributed by atoms with Gasteiger partial charge in [-0.05, 0) is 50.5 Å². The Balaban J connectivity index is 1.53. The van der Waals surface area contributed by atoms with Crippen molar-refractivity contribution in [2.75, 3.05) is 39.0 Å². The predicted octanol–water partition coefficient (Wildman–Crippen LogP) is 2.83. The summed E-state index contributed by atoms with van der Waals surface area (Å²) in [5.74, 6) is 1.08. The average molecular weight is 367 g/mol. The number of benzene rings is 2. The maximum absolute atomic E-state index is 12.5. The molecule has 1 atom stereocenters. The summed E-state index contributed by atoms with van der Waals surface area (Å²) in [7, 11) is 3.94. The van der Waals surface area contributed by atoms with Gasteiger partial charge < -0.3 is 19.9 Å². The molecule has 2 aromatic rings. The zero-order chi connectivity index (χ0) is 19.2. The van der Waals surface area contributed by atoms with Crippen LogP contribution in [0.25, 0.3) is 0 Å². The first-order valence-corrected chi connectivity index (χ1v) is 9.07. The first-order chi connectivity index (χ1) is 13.0. The molecule has 1 saturated heterocycles. The molecule has 1 aliphatic heterocycles.